The zero-order valence-electron chi connectivity index (χ0n) is 11.7. The molecule has 2 rings (SSSR count). The monoisotopic (exact) mass is 366 g/mol. The lowest BCUT2D eigenvalue weighted by Crippen LogP contribution is -2.24. The molecule has 0 aliphatic carbocycles. The number of thiophene rings is 1. The highest BCUT2D eigenvalue weighted by atomic mass is 79.9. The number of aryl methyl sites for hydroxylation is 2. The molecule has 0 saturated carbocycles. The number of hydrogen-bond acceptors (Lipinski definition) is 4. The number of ether oxygens (including phenoxy) is 1. The molecule has 0 unspecified atom stereocenters. The molecule has 0 aliphatic rings. The van der Waals surface area contributed by atoms with Gasteiger partial charge in [-0.2, -0.15) is 5.10 Å². The van der Waals surface area contributed by atoms with E-state index in [4.69, 9.17) is 4.74 Å². The molecule has 0 fully saturated rings. The van der Waals surface area contributed by atoms with E-state index in [1.807, 2.05) is 44.2 Å². The lowest BCUT2D eigenvalue weighted by molar-refractivity contribution is -0.123. The third kappa shape index (κ3) is 4.99. The summed E-state index contributed by atoms with van der Waals surface area (Å²) in [6.45, 7) is 3.92. The lowest BCUT2D eigenvalue weighted by Gasteiger charge is -2.06. The Morgan fingerprint density at radius 2 is 2.19 bits per heavy atom. The number of hydrogen-bond donors (Lipinski definition) is 1. The van der Waals surface area contributed by atoms with E-state index in [1.54, 1.807) is 17.6 Å². The van der Waals surface area contributed by atoms with Gasteiger partial charge in [0.1, 0.15) is 5.75 Å². The molecule has 110 valence electrons. The second-order valence-corrected chi connectivity index (χ2v) is 6.62. The van der Waals surface area contributed by atoms with E-state index in [-0.39, 0.29) is 12.5 Å². The third-order valence-corrected chi connectivity index (χ3v) is 4.47. The molecular weight excluding hydrogens is 352 g/mol. The minimum atomic E-state index is -0.292. The average molecular weight is 367 g/mol. The highest BCUT2D eigenvalue weighted by Gasteiger charge is 2.03. The van der Waals surface area contributed by atoms with Crippen LogP contribution in [0, 0.1) is 13.8 Å². The largest absolute Gasteiger partial charge is 0.484 e. The highest BCUT2D eigenvalue weighted by Crippen LogP contribution is 2.21. The summed E-state index contributed by atoms with van der Waals surface area (Å²) in [5.41, 5.74) is 3.49. The number of carbonyl (C=O) groups excluding carboxylic acids is 1. The number of rotatable bonds is 5. The molecule has 0 radical (unpaired) electrons. The summed E-state index contributed by atoms with van der Waals surface area (Å²) >= 11 is 5.03. The summed E-state index contributed by atoms with van der Waals surface area (Å²) in [5, 5.41) is 3.90. The van der Waals surface area contributed by atoms with Gasteiger partial charge < -0.3 is 4.74 Å². The van der Waals surface area contributed by atoms with E-state index in [2.05, 4.69) is 26.5 Å². The smallest absolute Gasteiger partial charge is 0.277 e. The minimum absolute atomic E-state index is 0.0676. The van der Waals surface area contributed by atoms with Gasteiger partial charge in [0.15, 0.2) is 6.61 Å². The topological polar surface area (TPSA) is 50.7 Å². The highest BCUT2D eigenvalue weighted by molar-refractivity contribution is 9.10. The van der Waals surface area contributed by atoms with Crippen molar-refractivity contribution in [1.29, 1.82) is 0 Å². The number of nitrogens with one attached hydrogen (secondary N) is 1. The van der Waals surface area contributed by atoms with Crippen LogP contribution in [-0.2, 0) is 4.79 Å². The Morgan fingerprint density at radius 1 is 1.38 bits per heavy atom. The molecule has 6 heteroatoms. The quantitative estimate of drug-likeness (QED) is 0.648. The minimum Gasteiger partial charge on any atom is -0.484 e. The summed E-state index contributed by atoms with van der Waals surface area (Å²) in [6.07, 6.45) is 1.62. The van der Waals surface area contributed by atoms with Gasteiger partial charge in [-0.05, 0) is 49.7 Å². The maximum absolute atomic E-state index is 11.6. The Kier molecular flexibility index (Phi) is 5.52. The Labute approximate surface area is 136 Å². The fourth-order valence-electron chi connectivity index (χ4n) is 1.58. The normalized spacial score (nSPS) is 10.8. The first-order valence-corrected chi connectivity index (χ1v) is 7.93. The van der Waals surface area contributed by atoms with Crippen LogP contribution in [0.1, 0.15) is 15.3 Å². The molecule has 0 bridgehead atoms. The summed E-state index contributed by atoms with van der Waals surface area (Å²) in [7, 11) is 0. The second-order valence-electron chi connectivity index (χ2n) is 4.44. The predicted octanol–water partition coefficient (Wildman–Crippen LogP) is 3.66. The van der Waals surface area contributed by atoms with Crippen molar-refractivity contribution in [2.24, 2.45) is 5.10 Å². The van der Waals surface area contributed by atoms with Crippen LogP contribution in [0.5, 0.6) is 5.75 Å². The summed E-state index contributed by atoms with van der Waals surface area (Å²) in [4.78, 5) is 13.8. The number of benzene rings is 1. The van der Waals surface area contributed by atoms with Gasteiger partial charge in [-0.15, -0.1) is 11.3 Å². The van der Waals surface area contributed by atoms with Crippen molar-refractivity contribution in [3.05, 3.63) is 50.1 Å². The molecule has 4 nitrogen and oxygen atoms in total. The fraction of sp³-hybridized carbons (Fsp3) is 0.200. The van der Waals surface area contributed by atoms with Gasteiger partial charge >= 0.3 is 0 Å². The van der Waals surface area contributed by atoms with E-state index in [9.17, 15) is 4.79 Å². The molecule has 1 heterocycles. The first kappa shape index (κ1) is 15.7. The predicted molar refractivity (Wildman–Crippen MR) is 89.2 cm³/mol. The van der Waals surface area contributed by atoms with Gasteiger partial charge in [-0.25, -0.2) is 5.43 Å². The van der Waals surface area contributed by atoms with Crippen LogP contribution < -0.4 is 10.2 Å². The molecule has 0 saturated heterocycles. The molecule has 1 aromatic carbocycles. The number of halogens is 1. The Morgan fingerprint density at radius 3 is 2.86 bits per heavy atom. The van der Waals surface area contributed by atoms with Crippen molar-refractivity contribution in [1.82, 2.24) is 5.43 Å². The van der Waals surface area contributed by atoms with Crippen LogP contribution in [0.2, 0.25) is 0 Å². The van der Waals surface area contributed by atoms with Crippen LogP contribution >= 0.6 is 27.3 Å². The summed E-state index contributed by atoms with van der Waals surface area (Å²) < 4.78 is 6.42. The van der Waals surface area contributed by atoms with Crippen LogP contribution in [0.4, 0.5) is 0 Å². The molecule has 0 spiro atoms. The molecule has 0 atom stereocenters. The fourth-order valence-corrected chi connectivity index (χ4v) is 2.57. The van der Waals surface area contributed by atoms with Gasteiger partial charge in [-0.1, -0.05) is 15.9 Å². The van der Waals surface area contributed by atoms with Gasteiger partial charge in [0.05, 0.1) is 6.21 Å². The summed E-state index contributed by atoms with van der Waals surface area (Å²) in [5.74, 6) is 0.365. The van der Waals surface area contributed by atoms with Crippen molar-refractivity contribution < 1.29 is 9.53 Å². The number of amides is 1. The van der Waals surface area contributed by atoms with Gasteiger partial charge in [0, 0.05) is 14.2 Å². The lowest BCUT2D eigenvalue weighted by atomic mass is 10.2. The SMILES string of the molecule is Cc1ccc(C=NNC(=O)COc2ccc(Br)c(C)c2)s1. The molecular formula is C15H15BrN2O2S. The van der Waals surface area contributed by atoms with Crippen LogP contribution in [0.25, 0.3) is 0 Å². The van der Waals surface area contributed by atoms with Crippen LogP contribution in [0.15, 0.2) is 39.9 Å². The average Bonchev–Trinajstić information content (AvgIpc) is 2.86. The van der Waals surface area contributed by atoms with Crippen LogP contribution in [0.3, 0.4) is 0 Å². The van der Waals surface area contributed by atoms with Crippen molar-refractivity contribution in [2.45, 2.75) is 13.8 Å². The maximum Gasteiger partial charge on any atom is 0.277 e. The number of hydrazone groups is 1. The van der Waals surface area contributed by atoms with Crippen molar-refractivity contribution in [2.75, 3.05) is 6.61 Å². The van der Waals surface area contributed by atoms with Gasteiger partial charge in [0.2, 0.25) is 0 Å². The summed E-state index contributed by atoms with van der Waals surface area (Å²) in [6, 6.07) is 9.53. The zero-order valence-corrected chi connectivity index (χ0v) is 14.1. The van der Waals surface area contributed by atoms with E-state index >= 15 is 0 Å². The maximum atomic E-state index is 11.6. The zero-order chi connectivity index (χ0) is 15.2. The molecule has 1 aromatic heterocycles. The standard InChI is InChI=1S/C15H15BrN2O2S/c1-10-7-12(4-6-14(10)16)20-9-15(19)18-17-8-13-5-3-11(2)21-13/h3-8H,9H2,1-2H3,(H,18,19). The number of nitrogens with zero attached hydrogens (tertiary/aromatic N) is 1. The van der Waals surface area contributed by atoms with E-state index in [1.165, 1.54) is 4.88 Å². The Bertz CT molecular complexity index is 667. The molecule has 1 N–H and O–H groups in total. The Hall–Kier alpha value is -1.66. The molecule has 21 heavy (non-hydrogen) atoms. The van der Waals surface area contributed by atoms with E-state index < -0.39 is 0 Å². The number of carbonyl (C=O) groups is 1. The first-order chi connectivity index (χ1) is 10.0. The molecule has 2 aromatic rings. The first-order valence-electron chi connectivity index (χ1n) is 6.32. The van der Waals surface area contributed by atoms with Crippen molar-refractivity contribution in [3.8, 4) is 5.75 Å². The molecule has 1 amide bonds. The second kappa shape index (κ2) is 7.38. The van der Waals surface area contributed by atoms with Gasteiger partial charge in [0.25, 0.3) is 5.91 Å². The van der Waals surface area contributed by atoms with Crippen molar-refractivity contribution >= 4 is 39.4 Å². The van der Waals surface area contributed by atoms with Gasteiger partial charge in [-0.3, -0.25) is 4.79 Å². The van der Waals surface area contributed by atoms with Crippen LogP contribution in [-0.4, -0.2) is 18.7 Å². The van der Waals surface area contributed by atoms with Crippen molar-refractivity contribution in [3.63, 3.8) is 0 Å². The van der Waals surface area contributed by atoms with E-state index in [0.29, 0.717) is 5.75 Å². The molecule has 0 aliphatic heterocycles. The third-order valence-electron chi connectivity index (χ3n) is 2.64. The van der Waals surface area contributed by atoms with E-state index in [0.717, 1.165) is 14.9 Å². The Balaban J connectivity index is 1.79.